The van der Waals surface area contributed by atoms with Crippen molar-refractivity contribution in [1.29, 1.82) is 0 Å². The van der Waals surface area contributed by atoms with Gasteiger partial charge in [0.2, 0.25) is 0 Å². The van der Waals surface area contributed by atoms with E-state index < -0.39 is 6.10 Å². The number of allylic oxidation sites excluding steroid dienone is 12. The van der Waals surface area contributed by atoms with Crippen LogP contribution in [0.5, 0.6) is 0 Å². The first-order valence-electron chi connectivity index (χ1n) is 33.4. The summed E-state index contributed by atoms with van der Waals surface area (Å²) in [5.41, 5.74) is 0. The molecule has 77 heavy (non-hydrogen) atoms. The standard InChI is InChI=1S/C71H126O6/c1-4-7-10-13-16-19-22-25-27-29-31-32-33-34-35-36-37-38-39-40-41-43-44-46-49-52-55-58-61-64-70(73)76-67-68(66-75-69(72)63-60-57-54-51-48-24-21-18-15-12-9-6-3)77-71(74)65-62-59-56-53-50-47-45-42-30-28-26-23-20-17-14-11-8-5-2/h7,10,16,18-19,21,25,27,31-32,34-35,68H,4-6,8-9,11-15,17,20,22-24,26,28-30,33,36-67H2,1-3H3/b10-7-,19-16-,21-18-,27-25-,32-31-,35-34-. The molecule has 6 heteroatoms. The number of carbonyl (C=O) groups is 3. The second kappa shape index (κ2) is 65.4. The molecule has 0 rings (SSSR count). The van der Waals surface area contributed by atoms with Gasteiger partial charge in [-0.25, -0.2) is 0 Å². The summed E-state index contributed by atoms with van der Waals surface area (Å²) >= 11 is 0. The van der Waals surface area contributed by atoms with E-state index >= 15 is 0 Å². The lowest BCUT2D eigenvalue weighted by molar-refractivity contribution is -0.167. The minimum atomic E-state index is -0.777. The second-order valence-corrected chi connectivity index (χ2v) is 22.4. The van der Waals surface area contributed by atoms with E-state index in [1.807, 2.05) is 0 Å². The summed E-state index contributed by atoms with van der Waals surface area (Å²) in [5, 5.41) is 0. The highest BCUT2D eigenvalue weighted by Crippen LogP contribution is 2.17. The molecular weight excluding hydrogens is 949 g/mol. The van der Waals surface area contributed by atoms with Crippen molar-refractivity contribution >= 4 is 17.9 Å². The number of unbranched alkanes of at least 4 members (excludes halogenated alkanes) is 38. The number of carbonyl (C=O) groups excluding carboxylic acids is 3. The van der Waals surface area contributed by atoms with Gasteiger partial charge < -0.3 is 14.2 Å². The van der Waals surface area contributed by atoms with E-state index in [4.69, 9.17) is 14.2 Å². The molecule has 0 aromatic carbocycles. The third kappa shape index (κ3) is 63.6. The van der Waals surface area contributed by atoms with Crippen LogP contribution < -0.4 is 0 Å². The monoisotopic (exact) mass is 1070 g/mol. The van der Waals surface area contributed by atoms with Gasteiger partial charge in [0.15, 0.2) is 6.10 Å². The van der Waals surface area contributed by atoms with E-state index in [0.29, 0.717) is 19.3 Å². The normalized spacial score (nSPS) is 12.5. The molecule has 0 aromatic heterocycles. The molecule has 0 fully saturated rings. The zero-order valence-corrected chi connectivity index (χ0v) is 51.2. The molecule has 0 amide bonds. The number of ether oxygens (including phenoxy) is 3. The molecule has 446 valence electrons. The molecule has 0 N–H and O–H groups in total. The average Bonchev–Trinajstić information content (AvgIpc) is 3.43. The molecule has 0 aliphatic rings. The predicted molar refractivity (Wildman–Crippen MR) is 335 cm³/mol. The number of hydrogen-bond donors (Lipinski definition) is 0. The van der Waals surface area contributed by atoms with Crippen molar-refractivity contribution in [3.63, 3.8) is 0 Å². The van der Waals surface area contributed by atoms with Crippen LogP contribution in [-0.2, 0) is 28.6 Å². The van der Waals surface area contributed by atoms with Crippen LogP contribution in [0, 0.1) is 0 Å². The molecule has 0 spiro atoms. The van der Waals surface area contributed by atoms with Crippen LogP contribution in [0.2, 0.25) is 0 Å². The third-order valence-corrected chi connectivity index (χ3v) is 14.7. The molecule has 6 nitrogen and oxygen atoms in total. The van der Waals surface area contributed by atoms with Crippen LogP contribution in [0.4, 0.5) is 0 Å². The van der Waals surface area contributed by atoms with Gasteiger partial charge >= 0.3 is 17.9 Å². The van der Waals surface area contributed by atoms with Crippen molar-refractivity contribution < 1.29 is 28.6 Å². The Kier molecular flexibility index (Phi) is 62.7. The molecule has 0 bridgehead atoms. The maximum Gasteiger partial charge on any atom is 0.306 e. The van der Waals surface area contributed by atoms with E-state index in [2.05, 4.69) is 93.7 Å². The number of hydrogen-bond acceptors (Lipinski definition) is 6. The summed E-state index contributed by atoms with van der Waals surface area (Å²) in [4.78, 5) is 38.3. The molecule has 1 unspecified atom stereocenters. The fourth-order valence-electron chi connectivity index (χ4n) is 9.70. The smallest absolute Gasteiger partial charge is 0.306 e. The zero-order chi connectivity index (χ0) is 55.7. The van der Waals surface area contributed by atoms with Crippen LogP contribution in [0.3, 0.4) is 0 Å². The van der Waals surface area contributed by atoms with E-state index in [1.165, 1.54) is 205 Å². The average molecular weight is 1080 g/mol. The highest BCUT2D eigenvalue weighted by molar-refractivity contribution is 5.71. The summed E-state index contributed by atoms with van der Waals surface area (Å²) in [7, 11) is 0. The van der Waals surface area contributed by atoms with Crippen LogP contribution in [-0.4, -0.2) is 37.2 Å². The van der Waals surface area contributed by atoms with E-state index in [-0.39, 0.29) is 31.1 Å². The molecule has 1 atom stereocenters. The lowest BCUT2D eigenvalue weighted by atomic mass is 10.0. The van der Waals surface area contributed by atoms with Crippen LogP contribution in [0.25, 0.3) is 0 Å². The number of esters is 3. The molecule has 0 radical (unpaired) electrons. The van der Waals surface area contributed by atoms with Gasteiger partial charge in [0, 0.05) is 19.3 Å². The topological polar surface area (TPSA) is 78.9 Å². The maximum atomic E-state index is 12.9. The Morgan fingerprint density at radius 2 is 0.506 bits per heavy atom. The van der Waals surface area contributed by atoms with Crippen molar-refractivity contribution in [3.05, 3.63) is 72.9 Å². The fourth-order valence-corrected chi connectivity index (χ4v) is 9.70. The minimum absolute atomic E-state index is 0.0743. The molecular formula is C71H126O6. The molecule has 0 aliphatic heterocycles. The predicted octanol–water partition coefficient (Wildman–Crippen LogP) is 22.9. The Morgan fingerprint density at radius 3 is 0.831 bits per heavy atom. The first-order valence-corrected chi connectivity index (χ1v) is 33.4. The summed E-state index contributed by atoms with van der Waals surface area (Å²) < 4.78 is 16.9. The SMILES string of the molecule is CC/C=C\C/C=C\C/C=C\C/C=C\C/C=C\CCCCCCCCCCCCCCCC(=O)OCC(COC(=O)CCCCCCC/C=C\CCCCC)OC(=O)CCCCCCCCCCCCCCCCCCCC. The van der Waals surface area contributed by atoms with Crippen molar-refractivity contribution in [2.75, 3.05) is 13.2 Å². The Morgan fingerprint density at radius 1 is 0.273 bits per heavy atom. The lowest BCUT2D eigenvalue weighted by Crippen LogP contribution is -2.30. The molecule has 0 saturated heterocycles. The fraction of sp³-hybridized carbons (Fsp3) is 0.789. The highest BCUT2D eigenvalue weighted by Gasteiger charge is 2.19. The lowest BCUT2D eigenvalue weighted by Gasteiger charge is -2.18. The minimum Gasteiger partial charge on any atom is -0.462 e. The second-order valence-electron chi connectivity index (χ2n) is 22.4. The Bertz CT molecular complexity index is 1420. The van der Waals surface area contributed by atoms with Gasteiger partial charge in [0.25, 0.3) is 0 Å². The van der Waals surface area contributed by atoms with Crippen LogP contribution >= 0.6 is 0 Å². The quantitative estimate of drug-likeness (QED) is 0.0261. The first kappa shape index (κ1) is 73.8. The Balaban J connectivity index is 4.21. The summed E-state index contributed by atoms with van der Waals surface area (Å²) in [6.45, 7) is 6.54. The highest BCUT2D eigenvalue weighted by atomic mass is 16.6. The Labute approximate surface area is 478 Å². The molecule has 0 aliphatic carbocycles. The third-order valence-electron chi connectivity index (χ3n) is 14.7. The first-order chi connectivity index (χ1) is 38.0. The van der Waals surface area contributed by atoms with Crippen molar-refractivity contribution in [3.8, 4) is 0 Å². The van der Waals surface area contributed by atoms with Crippen LogP contribution in [0.1, 0.15) is 342 Å². The molecule has 0 aromatic rings. The van der Waals surface area contributed by atoms with Gasteiger partial charge in [-0.3, -0.25) is 14.4 Å². The van der Waals surface area contributed by atoms with Crippen LogP contribution in [0.15, 0.2) is 72.9 Å². The summed E-state index contributed by atoms with van der Waals surface area (Å²) in [6.07, 6.45) is 84.9. The van der Waals surface area contributed by atoms with Gasteiger partial charge in [0.1, 0.15) is 13.2 Å². The van der Waals surface area contributed by atoms with Gasteiger partial charge in [-0.2, -0.15) is 0 Å². The van der Waals surface area contributed by atoms with E-state index in [0.717, 1.165) is 96.3 Å². The van der Waals surface area contributed by atoms with Gasteiger partial charge in [0.05, 0.1) is 0 Å². The van der Waals surface area contributed by atoms with E-state index in [1.54, 1.807) is 0 Å². The van der Waals surface area contributed by atoms with Crippen molar-refractivity contribution in [1.82, 2.24) is 0 Å². The summed E-state index contributed by atoms with van der Waals surface area (Å²) in [6, 6.07) is 0. The van der Waals surface area contributed by atoms with Crippen molar-refractivity contribution in [2.24, 2.45) is 0 Å². The number of rotatable bonds is 61. The van der Waals surface area contributed by atoms with Crippen molar-refractivity contribution in [2.45, 2.75) is 348 Å². The van der Waals surface area contributed by atoms with Gasteiger partial charge in [-0.1, -0.05) is 306 Å². The molecule has 0 heterocycles. The Hall–Kier alpha value is -3.15. The zero-order valence-electron chi connectivity index (χ0n) is 51.2. The maximum absolute atomic E-state index is 12.9. The van der Waals surface area contributed by atoms with Gasteiger partial charge in [-0.15, -0.1) is 0 Å². The summed E-state index contributed by atoms with van der Waals surface area (Å²) in [5.74, 6) is -0.865. The largest absolute Gasteiger partial charge is 0.462 e. The molecule has 0 saturated carbocycles. The van der Waals surface area contributed by atoms with Gasteiger partial charge in [-0.05, 0) is 89.9 Å². The van der Waals surface area contributed by atoms with E-state index in [9.17, 15) is 14.4 Å².